The summed E-state index contributed by atoms with van der Waals surface area (Å²) in [5, 5.41) is 6.41. The highest BCUT2D eigenvalue weighted by Crippen LogP contribution is 2.24. The number of nitrogens with one attached hydrogen (secondary N) is 2. The van der Waals surface area contributed by atoms with Gasteiger partial charge >= 0.3 is 0 Å². The molecule has 0 aliphatic carbocycles. The predicted octanol–water partition coefficient (Wildman–Crippen LogP) is 2.53. The van der Waals surface area contributed by atoms with Crippen LogP contribution in [0.1, 0.15) is 28.8 Å². The summed E-state index contributed by atoms with van der Waals surface area (Å²) in [6, 6.07) is 5.97. The van der Waals surface area contributed by atoms with Crippen molar-refractivity contribution < 1.29 is 4.79 Å². The lowest BCUT2D eigenvalue weighted by molar-refractivity contribution is 0.0946. The third-order valence-electron chi connectivity index (χ3n) is 3.97. The van der Waals surface area contributed by atoms with Crippen molar-refractivity contribution in [2.75, 3.05) is 29.9 Å². The fraction of sp³-hybridized carbons (Fsp3) is 0.533. The number of anilines is 1. The summed E-state index contributed by atoms with van der Waals surface area (Å²) in [4.78, 5) is 12.2. The van der Waals surface area contributed by atoms with Gasteiger partial charge in [-0.3, -0.25) is 4.79 Å². The van der Waals surface area contributed by atoms with Crippen LogP contribution in [0.2, 0.25) is 0 Å². The lowest BCUT2D eigenvalue weighted by Crippen LogP contribution is -2.31. The molecule has 2 N–H and O–H groups in total. The molecule has 1 amide bonds. The molecule has 102 valence electrons. The Bertz CT molecular complexity index is 469. The number of carbonyl (C=O) groups excluding carboxylic acids is 1. The summed E-state index contributed by atoms with van der Waals surface area (Å²) in [7, 11) is 0. The predicted molar refractivity (Wildman–Crippen MR) is 81.0 cm³/mol. The van der Waals surface area contributed by atoms with Gasteiger partial charge in [-0.15, -0.1) is 0 Å². The Morgan fingerprint density at radius 3 is 3.05 bits per heavy atom. The molecule has 0 saturated carbocycles. The molecule has 3 rings (SSSR count). The van der Waals surface area contributed by atoms with Crippen molar-refractivity contribution in [3.05, 3.63) is 29.3 Å². The van der Waals surface area contributed by atoms with E-state index in [4.69, 9.17) is 0 Å². The first-order chi connectivity index (χ1) is 9.33. The standard InChI is InChI=1S/C15H20N2OS/c18-15(17-10-11-4-7-19-8-5-11)13-1-2-14-12(9-13)3-6-16-14/h1-2,9,11,16H,3-8,10H2,(H,17,18). The van der Waals surface area contributed by atoms with Gasteiger partial charge in [0.1, 0.15) is 0 Å². The monoisotopic (exact) mass is 276 g/mol. The van der Waals surface area contributed by atoms with Crippen molar-refractivity contribution in [2.24, 2.45) is 5.92 Å². The Hall–Kier alpha value is -1.16. The SMILES string of the molecule is O=C(NCC1CCSCC1)c1ccc2c(c1)CCN2. The molecule has 2 aliphatic heterocycles. The van der Waals surface area contributed by atoms with E-state index in [1.165, 1.54) is 35.6 Å². The summed E-state index contributed by atoms with van der Waals surface area (Å²) in [6.45, 7) is 1.81. The molecule has 2 aliphatic rings. The molecule has 0 radical (unpaired) electrons. The normalized spacial score (nSPS) is 18.7. The zero-order valence-corrected chi connectivity index (χ0v) is 11.9. The topological polar surface area (TPSA) is 41.1 Å². The highest BCUT2D eigenvalue weighted by molar-refractivity contribution is 7.99. The highest BCUT2D eigenvalue weighted by Gasteiger charge is 2.16. The molecular formula is C15H20N2OS. The smallest absolute Gasteiger partial charge is 0.251 e. The van der Waals surface area contributed by atoms with Crippen molar-refractivity contribution in [2.45, 2.75) is 19.3 Å². The lowest BCUT2D eigenvalue weighted by Gasteiger charge is -2.21. The highest BCUT2D eigenvalue weighted by atomic mass is 32.2. The van der Waals surface area contributed by atoms with Crippen molar-refractivity contribution in [3.8, 4) is 0 Å². The number of hydrogen-bond acceptors (Lipinski definition) is 3. The summed E-state index contributed by atoms with van der Waals surface area (Å²) in [6.07, 6.45) is 3.49. The Labute approximate surface area is 118 Å². The molecule has 1 aromatic carbocycles. The maximum Gasteiger partial charge on any atom is 0.251 e. The molecule has 19 heavy (non-hydrogen) atoms. The van der Waals surface area contributed by atoms with Crippen LogP contribution >= 0.6 is 11.8 Å². The Morgan fingerprint density at radius 1 is 1.37 bits per heavy atom. The van der Waals surface area contributed by atoms with Gasteiger partial charge < -0.3 is 10.6 Å². The average Bonchev–Trinajstić information content (AvgIpc) is 2.93. The van der Waals surface area contributed by atoms with Gasteiger partial charge in [0.2, 0.25) is 0 Å². The average molecular weight is 276 g/mol. The molecule has 2 heterocycles. The van der Waals surface area contributed by atoms with Crippen molar-refractivity contribution in [3.63, 3.8) is 0 Å². The fourth-order valence-corrected chi connectivity index (χ4v) is 3.94. The number of hydrogen-bond donors (Lipinski definition) is 2. The van der Waals surface area contributed by atoms with E-state index in [1.807, 2.05) is 30.0 Å². The first kappa shape index (κ1) is 12.9. The number of rotatable bonds is 3. The van der Waals surface area contributed by atoms with Gasteiger partial charge in [-0.05, 0) is 60.4 Å². The first-order valence-electron chi connectivity index (χ1n) is 7.05. The van der Waals surface area contributed by atoms with E-state index >= 15 is 0 Å². The summed E-state index contributed by atoms with van der Waals surface area (Å²) in [5.74, 6) is 3.23. The van der Waals surface area contributed by atoms with Crippen LogP contribution in [0.3, 0.4) is 0 Å². The lowest BCUT2D eigenvalue weighted by atomic mass is 10.0. The van der Waals surface area contributed by atoms with E-state index in [1.54, 1.807) is 0 Å². The quantitative estimate of drug-likeness (QED) is 0.891. The fourth-order valence-electron chi connectivity index (χ4n) is 2.74. The van der Waals surface area contributed by atoms with E-state index in [0.717, 1.165) is 25.1 Å². The second-order valence-corrected chi connectivity index (χ2v) is 6.54. The zero-order chi connectivity index (χ0) is 13.1. The van der Waals surface area contributed by atoms with E-state index in [-0.39, 0.29) is 5.91 Å². The van der Waals surface area contributed by atoms with E-state index in [2.05, 4.69) is 10.6 Å². The number of fused-ring (bicyclic) bond motifs is 1. The van der Waals surface area contributed by atoms with Crippen molar-refractivity contribution >= 4 is 23.4 Å². The molecule has 0 aromatic heterocycles. The van der Waals surface area contributed by atoms with Crippen LogP contribution in [0, 0.1) is 5.92 Å². The zero-order valence-electron chi connectivity index (χ0n) is 11.1. The van der Waals surface area contributed by atoms with Gasteiger partial charge in [-0.25, -0.2) is 0 Å². The number of carbonyl (C=O) groups is 1. The minimum atomic E-state index is 0.0768. The third kappa shape index (κ3) is 3.06. The first-order valence-corrected chi connectivity index (χ1v) is 8.21. The number of benzene rings is 1. The van der Waals surface area contributed by atoms with E-state index < -0.39 is 0 Å². The summed E-state index contributed by atoms with van der Waals surface area (Å²) < 4.78 is 0. The largest absolute Gasteiger partial charge is 0.384 e. The van der Waals surface area contributed by atoms with Crippen molar-refractivity contribution in [1.29, 1.82) is 0 Å². The van der Waals surface area contributed by atoms with Crippen LogP contribution in [0.25, 0.3) is 0 Å². The molecule has 1 fully saturated rings. The van der Waals surface area contributed by atoms with Gasteiger partial charge in [0, 0.05) is 24.3 Å². The second kappa shape index (κ2) is 5.87. The maximum absolute atomic E-state index is 12.2. The Balaban J connectivity index is 1.57. The van der Waals surface area contributed by atoms with Crippen LogP contribution in [-0.4, -0.2) is 30.5 Å². The Kier molecular flexibility index (Phi) is 3.97. The second-order valence-electron chi connectivity index (χ2n) is 5.31. The molecule has 0 unspecified atom stereocenters. The molecule has 0 spiro atoms. The molecule has 0 bridgehead atoms. The molecule has 1 aromatic rings. The van der Waals surface area contributed by atoms with Crippen molar-refractivity contribution in [1.82, 2.24) is 5.32 Å². The molecule has 4 heteroatoms. The third-order valence-corrected chi connectivity index (χ3v) is 5.02. The maximum atomic E-state index is 12.2. The van der Waals surface area contributed by atoms with Crippen LogP contribution in [0.5, 0.6) is 0 Å². The number of thioether (sulfide) groups is 1. The van der Waals surface area contributed by atoms with Crippen LogP contribution in [0.15, 0.2) is 18.2 Å². The van der Waals surface area contributed by atoms with E-state index in [0.29, 0.717) is 5.92 Å². The van der Waals surface area contributed by atoms with Gasteiger partial charge in [0.25, 0.3) is 5.91 Å². The molecular weight excluding hydrogens is 256 g/mol. The van der Waals surface area contributed by atoms with Crippen LogP contribution in [-0.2, 0) is 6.42 Å². The van der Waals surface area contributed by atoms with Gasteiger partial charge in [-0.1, -0.05) is 0 Å². The minimum absolute atomic E-state index is 0.0768. The van der Waals surface area contributed by atoms with Gasteiger partial charge in [0.15, 0.2) is 0 Å². The van der Waals surface area contributed by atoms with E-state index in [9.17, 15) is 4.79 Å². The molecule has 0 atom stereocenters. The minimum Gasteiger partial charge on any atom is -0.384 e. The summed E-state index contributed by atoms with van der Waals surface area (Å²) >= 11 is 2.02. The van der Waals surface area contributed by atoms with Crippen LogP contribution < -0.4 is 10.6 Å². The summed E-state index contributed by atoms with van der Waals surface area (Å²) in [5.41, 5.74) is 3.25. The number of amides is 1. The Morgan fingerprint density at radius 2 is 2.21 bits per heavy atom. The van der Waals surface area contributed by atoms with Gasteiger partial charge in [-0.2, -0.15) is 11.8 Å². The molecule has 3 nitrogen and oxygen atoms in total. The molecule has 1 saturated heterocycles. The van der Waals surface area contributed by atoms with Gasteiger partial charge in [0.05, 0.1) is 0 Å². The van der Waals surface area contributed by atoms with Crippen LogP contribution in [0.4, 0.5) is 5.69 Å².